The van der Waals surface area contributed by atoms with E-state index in [-0.39, 0.29) is 0 Å². The van der Waals surface area contributed by atoms with Gasteiger partial charge < -0.3 is 10.2 Å². The van der Waals surface area contributed by atoms with E-state index >= 15 is 0 Å². The van der Waals surface area contributed by atoms with Crippen molar-refractivity contribution in [3.8, 4) is 0 Å². The van der Waals surface area contributed by atoms with Gasteiger partial charge in [0.25, 0.3) is 0 Å². The molecule has 0 saturated heterocycles. The molecule has 0 spiro atoms. The van der Waals surface area contributed by atoms with E-state index in [0.717, 1.165) is 24.3 Å². The first kappa shape index (κ1) is 18.9. The van der Waals surface area contributed by atoms with Crippen molar-refractivity contribution < 1.29 is 0 Å². The van der Waals surface area contributed by atoms with Gasteiger partial charge >= 0.3 is 0 Å². The quantitative estimate of drug-likeness (QED) is 0.610. The molecule has 0 aliphatic heterocycles. The van der Waals surface area contributed by atoms with E-state index in [1.165, 1.54) is 32.5 Å². The minimum atomic E-state index is 0.641. The highest BCUT2D eigenvalue weighted by atomic mass is 15.2. The van der Waals surface area contributed by atoms with Crippen molar-refractivity contribution in [2.45, 2.75) is 67.3 Å². The monoisotopic (exact) mass is 270 g/mol. The Bertz CT molecular complexity index is 191. The third-order valence-electron chi connectivity index (χ3n) is 3.69. The zero-order valence-corrected chi connectivity index (χ0v) is 14.5. The van der Waals surface area contributed by atoms with Crippen molar-refractivity contribution in [2.24, 2.45) is 17.8 Å². The van der Waals surface area contributed by atoms with Crippen LogP contribution in [-0.4, -0.2) is 37.1 Å². The largest absolute Gasteiger partial charge is 0.312 e. The van der Waals surface area contributed by atoms with Crippen molar-refractivity contribution >= 4 is 0 Å². The van der Waals surface area contributed by atoms with Gasteiger partial charge in [-0.05, 0) is 30.7 Å². The molecule has 2 atom stereocenters. The average Bonchev–Trinajstić information content (AvgIpc) is 2.31. The van der Waals surface area contributed by atoms with Crippen molar-refractivity contribution in [1.29, 1.82) is 0 Å². The van der Waals surface area contributed by atoms with Gasteiger partial charge in [0, 0.05) is 25.7 Å². The molecule has 0 aliphatic carbocycles. The summed E-state index contributed by atoms with van der Waals surface area (Å²) < 4.78 is 0. The van der Waals surface area contributed by atoms with Crippen molar-refractivity contribution in [1.82, 2.24) is 10.2 Å². The average molecular weight is 271 g/mol. The lowest BCUT2D eigenvalue weighted by Gasteiger charge is -2.33. The molecule has 0 aromatic carbocycles. The highest BCUT2D eigenvalue weighted by Gasteiger charge is 2.19. The minimum absolute atomic E-state index is 0.641. The lowest BCUT2D eigenvalue weighted by atomic mass is 9.97. The van der Waals surface area contributed by atoms with Gasteiger partial charge in [0.05, 0.1) is 0 Å². The van der Waals surface area contributed by atoms with E-state index in [1.807, 2.05) is 0 Å². The third kappa shape index (κ3) is 9.45. The molecule has 0 amide bonds. The third-order valence-corrected chi connectivity index (χ3v) is 3.69. The Hall–Kier alpha value is -0.0800. The molecule has 0 fully saturated rings. The maximum Gasteiger partial charge on any atom is 0.0220 e. The Morgan fingerprint density at radius 3 is 1.74 bits per heavy atom. The molecule has 0 aliphatic rings. The molecule has 2 heteroatoms. The summed E-state index contributed by atoms with van der Waals surface area (Å²) in [5.41, 5.74) is 0. The molecule has 0 bridgehead atoms. The summed E-state index contributed by atoms with van der Waals surface area (Å²) in [6, 6.07) is 0.641. The fraction of sp³-hybridized carbons (Fsp3) is 1.00. The molecule has 116 valence electrons. The number of nitrogens with one attached hydrogen (secondary N) is 1. The van der Waals surface area contributed by atoms with E-state index in [2.05, 4.69) is 58.7 Å². The summed E-state index contributed by atoms with van der Waals surface area (Å²) in [6.45, 7) is 21.0. The van der Waals surface area contributed by atoms with Gasteiger partial charge in [-0.25, -0.2) is 0 Å². The van der Waals surface area contributed by atoms with Crippen LogP contribution in [0.15, 0.2) is 0 Å². The molecule has 2 nitrogen and oxygen atoms in total. The molecule has 0 radical (unpaired) electrons. The second-order valence-corrected chi connectivity index (χ2v) is 6.95. The van der Waals surface area contributed by atoms with Gasteiger partial charge in [0.2, 0.25) is 0 Å². The van der Waals surface area contributed by atoms with Crippen LogP contribution in [0.1, 0.15) is 61.3 Å². The van der Waals surface area contributed by atoms with Crippen molar-refractivity contribution in [3.63, 3.8) is 0 Å². The Balaban J connectivity index is 4.51. The first-order chi connectivity index (χ1) is 8.90. The van der Waals surface area contributed by atoms with Crippen LogP contribution in [-0.2, 0) is 0 Å². The highest BCUT2D eigenvalue weighted by Crippen LogP contribution is 2.12. The molecule has 19 heavy (non-hydrogen) atoms. The molecule has 0 rings (SSSR count). The summed E-state index contributed by atoms with van der Waals surface area (Å²) in [5.74, 6) is 2.26. The van der Waals surface area contributed by atoms with Crippen LogP contribution in [0.5, 0.6) is 0 Å². The first-order valence-electron chi connectivity index (χ1n) is 8.36. The summed E-state index contributed by atoms with van der Waals surface area (Å²) in [4.78, 5) is 2.66. The van der Waals surface area contributed by atoms with E-state index in [0.29, 0.717) is 6.04 Å². The van der Waals surface area contributed by atoms with E-state index in [1.54, 1.807) is 0 Å². The van der Waals surface area contributed by atoms with Gasteiger partial charge in [-0.3, -0.25) is 0 Å². The van der Waals surface area contributed by atoms with Crippen molar-refractivity contribution in [2.75, 3.05) is 26.2 Å². The predicted molar refractivity (Wildman–Crippen MR) is 87.7 cm³/mol. The molecular weight excluding hydrogens is 232 g/mol. The number of hydrogen-bond donors (Lipinski definition) is 1. The lowest BCUT2D eigenvalue weighted by Crippen LogP contribution is -2.47. The Kier molecular flexibility index (Phi) is 10.6. The van der Waals surface area contributed by atoms with Gasteiger partial charge in [-0.1, -0.05) is 54.9 Å². The lowest BCUT2D eigenvalue weighted by molar-refractivity contribution is 0.176. The maximum atomic E-state index is 3.76. The summed E-state index contributed by atoms with van der Waals surface area (Å²) in [7, 11) is 0. The highest BCUT2D eigenvalue weighted by molar-refractivity contribution is 4.78. The van der Waals surface area contributed by atoms with Crippen LogP contribution < -0.4 is 5.32 Å². The van der Waals surface area contributed by atoms with Crippen molar-refractivity contribution in [3.05, 3.63) is 0 Å². The number of nitrogens with zero attached hydrogens (tertiary/aromatic N) is 1. The van der Waals surface area contributed by atoms with E-state index < -0.39 is 0 Å². The summed E-state index contributed by atoms with van der Waals surface area (Å²) in [6.07, 6.45) is 2.49. The van der Waals surface area contributed by atoms with Crippen LogP contribution in [0.4, 0.5) is 0 Å². The minimum Gasteiger partial charge on any atom is -0.312 e. The van der Waals surface area contributed by atoms with E-state index in [9.17, 15) is 0 Å². The Morgan fingerprint density at radius 1 is 0.842 bits per heavy atom. The standard InChI is InChI=1S/C17H38N2/c1-8-10-18-17(16(7)9-2)13-19(11-14(3)4)12-15(5)6/h14-18H,8-13H2,1-7H3. The zero-order chi connectivity index (χ0) is 14.8. The van der Waals surface area contributed by atoms with Crippen LogP contribution in [0.2, 0.25) is 0 Å². The van der Waals surface area contributed by atoms with Crippen LogP contribution in [0.3, 0.4) is 0 Å². The molecule has 0 aromatic rings. The van der Waals surface area contributed by atoms with Crippen LogP contribution in [0.25, 0.3) is 0 Å². The van der Waals surface area contributed by atoms with Crippen LogP contribution in [0, 0.1) is 17.8 Å². The molecule has 0 saturated carbocycles. The summed E-state index contributed by atoms with van der Waals surface area (Å²) >= 11 is 0. The van der Waals surface area contributed by atoms with Gasteiger partial charge in [0.1, 0.15) is 0 Å². The predicted octanol–water partition coefficient (Wildman–Crippen LogP) is 4.01. The SMILES string of the molecule is CCCNC(CN(CC(C)C)CC(C)C)C(C)CC. The molecule has 0 aromatic heterocycles. The molecule has 2 unspecified atom stereocenters. The zero-order valence-electron chi connectivity index (χ0n) is 14.5. The Labute approximate surface area is 122 Å². The maximum absolute atomic E-state index is 3.76. The molecule has 0 heterocycles. The first-order valence-corrected chi connectivity index (χ1v) is 8.36. The van der Waals surface area contributed by atoms with Gasteiger partial charge in [0.15, 0.2) is 0 Å². The van der Waals surface area contributed by atoms with E-state index in [4.69, 9.17) is 0 Å². The fourth-order valence-electron chi connectivity index (χ4n) is 2.59. The van der Waals surface area contributed by atoms with Crippen LogP contribution >= 0.6 is 0 Å². The summed E-state index contributed by atoms with van der Waals surface area (Å²) in [5, 5.41) is 3.76. The second kappa shape index (κ2) is 10.7. The second-order valence-electron chi connectivity index (χ2n) is 6.95. The molecular formula is C17H38N2. The van der Waals surface area contributed by atoms with Gasteiger partial charge in [-0.2, -0.15) is 0 Å². The number of rotatable bonds is 11. The smallest absolute Gasteiger partial charge is 0.0220 e. The molecule has 1 N–H and O–H groups in total. The topological polar surface area (TPSA) is 15.3 Å². The normalized spacial score (nSPS) is 15.5. The fourth-order valence-corrected chi connectivity index (χ4v) is 2.59. The Morgan fingerprint density at radius 2 is 1.37 bits per heavy atom. The number of hydrogen-bond acceptors (Lipinski definition) is 2. The van der Waals surface area contributed by atoms with Gasteiger partial charge in [-0.15, -0.1) is 0 Å².